The third-order valence-electron chi connectivity index (χ3n) is 3.46. The largest absolute Gasteiger partial charge is 0.464 e. The molecule has 0 radical (unpaired) electrons. The topological polar surface area (TPSA) is 52.3 Å². The molecule has 1 unspecified atom stereocenters. The van der Waals surface area contributed by atoms with Crippen molar-refractivity contribution in [2.45, 2.75) is 19.8 Å². The van der Waals surface area contributed by atoms with Crippen molar-refractivity contribution in [3.8, 4) is 0 Å². The number of rotatable bonds is 2. The van der Waals surface area contributed by atoms with E-state index in [2.05, 4.69) is 13.8 Å². The molecule has 0 aliphatic carbocycles. The van der Waals surface area contributed by atoms with Crippen LogP contribution in [0, 0.1) is 6.92 Å². The zero-order valence-corrected chi connectivity index (χ0v) is 9.99. The first kappa shape index (κ1) is 10.4. The highest BCUT2D eigenvalue weighted by Gasteiger charge is 2.19. The Morgan fingerprint density at radius 1 is 1.12 bits per heavy atom. The molecule has 88 valence electrons. The fourth-order valence-electron chi connectivity index (χ4n) is 2.48. The minimum Gasteiger partial charge on any atom is -0.464 e. The van der Waals surface area contributed by atoms with Gasteiger partial charge < -0.3 is 14.6 Å². The highest BCUT2D eigenvalue weighted by atomic mass is 16.3. The number of nitrogens with two attached hydrogens (primary N) is 1. The van der Waals surface area contributed by atoms with E-state index in [4.69, 9.17) is 14.6 Å². The summed E-state index contributed by atoms with van der Waals surface area (Å²) in [5, 5.41) is 2.23. The number of fused-ring (bicyclic) bond motifs is 2. The Balaban J connectivity index is 2.52. The van der Waals surface area contributed by atoms with E-state index in [0.717, 1.165) is 33.1 Å². The number of aryl methyl sites for hydroxylation is 1. The highest BCUT2D eigenvalue weighted by molar-refractivity contribution is 6.01. The van der Waals surface area contributed by atoms with E-state index in [1.807, 2.05) is 12.1 Å². The van der Waals surface area contributed by atoms with Crippen LogP contribution in [-0.4, -0.2) is 6.54 Å². The predicted molar refractivity (Wildman–Crippen MR) is 68.2 cm³/mol. The van der Waals surface area contributed by atoms with Gasteiger partial charge in [-0.05, 0) is 31.5 Å². The SMILES string of the molecule is Cc1c2ccoc2c(C(C)CN)c2ccoc12. The minimum atomic E-state index is 0.254. The number of furan rings is 2. The molecule has 1 atom stereocenters. The summed E-state index contributed by atoms with van der Waals surface area (Å²) in [4.78, 5) is 0. The zero-order valence-electron chi connectivity index (χ0n) is 9.99. The second-order valence-corrected chi connectivity index (χ2v) is 4.50. The zero-order chi connectivity index (χ0) is 12.0. The first-order chi connectivity index (χ1) is 8.24. The summed E-state index contributed by atoms with van der Waals surface area (Å²) >= 11 is 0. The van der Waals surface area contributed by atoms with E-state index < -0.39 is 0 Å². The van der Waals surface area contributed by atoms with Crippen LogP contribution >= 0.6 is 0 Å². The summed E-state index contributed by atoms with van der Waals surface area (Å²) in [6.45, 7) is 4.76. The van der Waals surface area contributed by atoms with Crippen LogP contribution in [0.3, 0.4) is 0 Å². The second kappa shape index (κ2) is 3.64. The molecule has 0 saturated heterocycles. The van der Waals surface area contributed by atoms with E-state index in [1.54, 1.807) is 12.5 Å². The van der Waals surface area contributed by atoms with Crippen molar-refractivity contribution in [2.24, 2.45) is 5.73 Å². The maximum atomic E-state index is 5.79. The van der Waals surface area contributed by atoms with Crippen LogP contribution in [0.25, 0.3) is 21.9 Å². The monoisotopic (exact) mass is 229 g/mol. The van der Waals surface area contributed by atoms with Gasteiger partial charge in [0.05, 0.1) is 12.5 Å². The molecule has 2 heterocycles. The molecular formula is C14H15NO2. The van der Waals surface area contributed by atoms with Gasteiger partial charge in [0.25, 0.3) is 0 Å². The maximum absolute atomic E-state index is 5.79. The van der Waals surface area contributed by atoms with Crippen molar-refractivity contribution < 1.29 is 8.83 Å². The Hall–Kier alpha value is -1.74. The molecule has 0 saturated carbocycles. The normalized spacial score (nSPS) is 13.6. The number of hydrogen-bond donors (Lipinski definition) is 1. The Morgan fingerprint density at radius 3 is 2.47 bits per heavy atom. The molecule has 3 rings (SSSR count). The Kier molecular flexibility index (Phi) is 2.23. The molecular weight excluding hydrogens is 214 g/mol. The molecule has 0 spiro atoms. The summed E-state index contributed by atoms with van der Waals surface area (Å²) < 4.78 is 11.2. The molecule has 0 amide bonds. The van der Waals surface area contributed by atoms with Gasteiger partial charge >= 0.3 is 0 Å². The summed E-state index contributed by atoms with van der Waals surface area (Å²) in [6, 6.07) is 3.98. The molecule has 2 N–H and O–H groups in total. The summed E-state index contributed by atoms with van der Waals surface area (Å²) in [5.41, 5.74) is 9.95. The van der Waals surface area contributed by atoms with Crippen molar-refractivity contribution in [3.05, 3.63) is 35.8 Å². The van der Waals surface area contributed by atoms with Crippen LogP contribution in [0.1, 0.15) is 24.0 Å². The average molecular weight is 229 g/mol. The summed E-state index contributed by atoms with van der Waals surface area (Å²) in [6.07, 6.45) is 3.45. The van der Waals surface area contributed by atoms with Crippen LogP contribution in [0.5, 0.6) is 0 Å². The molecule has 3 heteroatoms. The van der Waals surface area contributed by atoms with Crippen LogP contribution in [0.2, 0.25) is 0 Å². The lowest BCUT2D eigenvalue weighted by atomic mass is 9.93. The average Bonchev–Trinajstić information content (AvgIpc) is 2.96. The van der Waals surface area contributed by atoms with Gasteiger partial charge in [-0.25, -0.2) is 0 Å². The van der Waals surface area contributed by atoms with Crippen molar-refractivity contribution in [1.82, 2.24) is 0 Å². The van der Waals surface area contributed by atoms with Gasteiger partial charge in [0.2, 0.25) is 0 Å². The lowest BCUT2D eigenvalue weighted by molar-refractivity contribution is 0.602. The Bertz CT molecular complexity index is 626. The van der Waals surface area contributed by atoms with E-state index in [9.17, 15) is 0 Å². The van der Waals surface area contributed by atoms with Gasteiger partial charge in [0.1, 0.15) is 11.2 Å². The molecule has 0 bridgehead atoms. The van der Waals surface area contributed by atoms with Gasteiger partial charge in [0, 0.05) is 21.9 Å². The lowest BCUT2D eigenvalue weighted by Gasteiger charge is -2.12. The van der Waals surface area contributed by atoms with Crippen molar-refractivity contribution >= 4 is 21.9 Å². The van der Waals surface area contributed by atoms with Gasteiger partial charge in [-0.2, -0.15) is 0 Å². The smallest absolute Gasteiger partial charge is 0.138 e. The van der Waals surface area contributed by atoms with Crippen molar-refractivity contribution in [2.75, 3.05) is 6.54 Å². The first-order valence-electron chi connectivity index (χ1n) is 5.81. The second-order valence-electron chi connectivity index (χ2n) is 4.50. The van der Waals surface area contributed by atoms with E-state index in [1.165, 1.54) is 0 Å². The third-order valence-corrected chi connectivity index (χ3v) is 3.46. The van der Waals surface area contributed by atoms with Crippen molar-refractivity contribution in [1.29, 1.82) is 0 Å². The van der Waals surface area contributed by atoms with E-state index in [-0.39, 0.29) is 5.92 Å². The number of hydrogen-bond acceptors (Lipinski definition) is 3. The molecule has 1 aromatic carbocycles. The fraction of sp³-hybridized carbons (Fsp3) is 0.286. The van der Waals surface area contributed by atoms with Crippen LogP contribution in [-0.2, 0) is 0 Å². The molecule has 17 heavy (non-hydrogen) atoms. The predicted octanol–water partition coefficient (Wildman–Crippen LogP) is 3.55. The van der Waals surface area contributed by atoms with Gasteiger partial charge in [-0.1, -0.05) is 6.92 Å². The van der Waals surface area contributed by atoms with Crippen LogP contribution in [0.15, 0.2) is 33.5 Å². The standard InChI is InChI=1S/C14H15NO2/c1-8(7-15)12-11-4-6-16-13(11)9(2)10-3-5-17-14(10)12/h3-6,8H,7,15H2,1-2H3. The molecule has 2 aromatic heterocycles. The maximum Gasteiger partial charge on any atom is 0.138 e. The van der Waals surface area contributed by atoms with Crippen LogP contribution < -0.4 is 5.73 Å². The number of benzene rings is 1. The lowest BCUT2D eigenvalue weighted by Crippen LogP contribution is -2.09. The van der Waals surface area contributed by atoms with Crippen molar-refractivity contribution in [3.63, 3.8) is 0 Å². The third kappa shape index (κ3) is 1.32. The Morgan fingerprint density at radius 2 is 1.76 bits per heavy atom. The quantitative estimate of drug-likeness (QED) is 0.731. The van der Waals surface area contributed by atoms with Gasteiger partial charge in [-0.15, -0.1) is 0 Å². The highest BCUT2D eigenvalue weighted by Crippen LogP contribution is 2.37. The van der Waals surface area contributed by atoms with E-state index >= 15 is 0 Å². The molecule has 0 aliphatic rings. The molecule has 0 fully saturated rings. The summed E-state index contributed by atoms with van der Waals surface area (Å²) in [7, 11) is 0. The fourth-order valence-corrected chi connectivity index (χ4v) is 2.48. The summed E-state index contributed by atoms with van der Waals surface area (Å²) in [5.74, 6) is 0.254. The molecule has 0 aliphatic heterocycles. The molecule has 3 aromatic rings. The van der Waals surface area contributed by atoms with Gasteiger partial charge in [0.15, 0.2) is 0 Å². The van der Waals surface area contributed by atoms with Gasteiger partial charge in [-0.3, -0.25) is 0 Å². The minimum absolute atomic E-state index is 0.254. The first-order valence-corrected chi connectivity index (χ1v) is 5.81. The van der Waals surface area contributed by atoms with Crippen LogP contribution in [0.4, 0.5) is 0 Å². The Labute approximate surface area is 99.2 Å². The van der Waals surface area contributed by atoms with E-state index in [0.29, 0.717) is 6.54 Å². The molecule has 3 nitrogen and oxygen atoms in total.